The highest BCUT2D eigenvalue weighted by Gasteiger charge is 2.29. The summed E-state index contributed by atoms with van der Waals surface area (Å²) < 4.78 is 29.6. The lowest BCUT2D eigenvalue weighted by atomic mass is 9.82. The molecule has 0 aromatic heterocycles. The summed E-state index contributed by atoms with van der Waals surface area (Å²) in [5, 5.41) is 3.49. The summed E-state index contributed by atoms with van der Waals surface area (Å²) >= 11 is 0. The smallest absolute Gasteiger partial charge is 0.387 e. The van der Waals surface area contributed by atoms with E-state index in [1.165, 1.54) is 0 Å². The van der Waals surface area contributed by atoms with Crippen molar-refractivity contribution in [3.8, 4) is 5.75 Å². The molecule has 0 saturated carbocycles. The summed E-state index contributed by atoms with van der Waals surface area (Å²) in [5.74, 6) is 1.08. The molecule has 1 aliphatic rings. The molecular weight excluding hydrogens is 248 g/mol. The van der Waals surface area contributed by atoms with Crippen LogP contribution in [0.15, 0.2) is 18.2 Å². The molecule has 4 heteroatoms. The van der Waals surface area contributed by atoms with Gasteiger partial charge in [-0.2, -0.15) is 8.78 Å². The van der Waals surface area contributed by atoms with Crippen LogP contribution in [0.1, 0.15) is 44.2 Å². The summed E-state index contributed by atoms with van der Waals surface area (Å²) in [6, 6.07) is 5.70. The fourth-order valence-electron chi connectivity index (χ4n) is 2.87. The second-order valence-corrected chi connectivity index (χ2v) is 5.61. The second kappa shape index (κ2) is 5.87. The monoisotopic (exact) mass is 269 g/mol. The van der Waals surface area contributed by atoms with Crippen LogP contribution >= 0.6 is 0 Å². The van der Waals surface area contributed by atoms with Gasteiger partial charge in [-0.1, -0.05) is 32.9 Å². The summed E-state index contributed by atoms with van der Waals surface area (Å²) in [6.07, 6.45) is 1.03. The second-order valence-electron chi connectivity index (χ2n) is 5.61. The first-order valence-corrected chi connectivity index (χ1v) is 6.79. The maximum absolute atomic E-state index is 12.5. The van der Waals surface area contributed by atoms with Gasteiger partial charge < -0.3 is 10.1 Å². The maximum Gasteiger partial charge on any atom is 0.387 e. The Bertz CT molecular complexity index is 434. The van der Waals surface area contributed by atoms with E-state index in [1.54, 1.807) is 12.1 Å². The van der Waals surface area contributed by atoms with Crippen LogP contribution in [-0.2, 0) is 6.54 Å². The van der Waals surface area contributed by atoms with Crippen molar-refractivity contribution in [2.45, 2.75) is 52.3 Å². The molecule has 19 heavy (non-hydrogen) atoms. The van der Waals surface area contributed by atoms with Gasteiger partial charge in [0.05, 0.1) is 0 Å². The van der Waals surface area contributed by atoms with Gasteiger partial charge >= 0.3 is 6.61 Å². The first kappa shape index (κ1) is 14.3. The van der Waals surface area contributed by atoms with E-state index in [4.69, 9.17) is 0 Å². The van der Waals surface area contributed by atoms with Crippen molar-refractivity contribution in [3.63, 3.8) is 0 Å². The molecule has 0 fully saturated rings. The highest BCUT2D eigenvalue weighted by molar-refractivity contribution is 5.45. The van der Waals surface area contributed by atoms with Gasteiger partial charge in [0.1, 0.15) is 5.75 Å². The van der Waals surface area contributed by atoms with Gasteiger partial charge in [0, 0.05) is 24.1 Å². The third-order valence-electron chi connectivity index (χ3n) is 3.71. The summed E-state index contributed by atoms with van der Waals surface area (Å²) in [7, 11) is 0. The van der Waals surface area contributed by atoms with E-state index < -0.39 is 6.61 Å². The molecule has 2 unspecified atom stereocenters. The Morgan fingerprint density at radius 2 is 2.11 bits per heavy atom. The largest absolute Gasteiger partial charge is 0.435 e. The van der Waals surface area contributed by atoms with Crippen molar-refractivity contribution in [2.75, 3.05) is 0 Å². The zero-order valence-electron chi connectivity index (χ0n) is 11.6. The lowest BCUT2D eigenvalue weighted by Gasteiger charge is -2.34. The predicted molar refractivity (Wildman–Crippen MR) is 71.6 cm³/mol. The van der Waals surface area contributed by atoms with Crippen LogP contribution < -0.4 is 10.1 Å². The molecule has 106 valence electrons. The lowest BCUT2D eigenvalue weighted by molar-refractivity contribution is -0.0508. The first-order chi connectivity index (χ1) is 8.99. The van der Waals surface area contributed by atoms with Crippen molar-refractivity contribution in [1.29, 1.82) is 0 Å². The average molecular weight is 269 g/mol. The van der Waals surface area contributed by atoms with Crippen LogP contribution in [0.3, 0.4) is 0 Å². The van der Waals surface area contributed by atoms with Crippen LogP contribution in [0.25, 0.3) is 0 Å². The van der Waals surface area contributed by atoms with Crippen LogP contribution in [0.5, 0.6) is 5.75 Å². The van der Waals surface area contributed by atoms with E-state index in [2.05, 4.69) is 30.8 Å². The van der Waals surface area contributed by atoms with E-state index in [0.29, 0.717) is 17.7 Å². The van der Waals surface area contributed by atoms with E-state index in [9.17, 15) is 8.78 Å². The standard InChI is InChI=1S/C15H21F2NO/c1-9(2)7-12-10(3)14-11(8-18-12)5-4-6-13(14)19-15(16)17/h4-6,9-10,12,15,18H,7-8H2,1-3H3. The zero-order chi connectivity index (χ0) is 14.0. The van der Waals surface area contributed by atoms with Crippen molar-refractivity contribution < 1.29 is 13.5 Å². The minimum atomic E-state index is -2.77. The Kier molecular flexibility index (Phi) is 4.40. The number of halogens is 2. The number of hydrogen-bond acceptors (Lipinski definition) is 2. The number of rotatable bonds is 4. The molecule has 0 amide bonds. The molecule has 0 spiro atoms. The zero-order valence-corrected chi connectivity index (χ0v) is 11.6. The third-order valence-corrected chi connectivity index (χ3v) is 3.71. The molecule has 1 aromatic carbocycles. The molecule has 0 saturated heterocycles. The molecule has 1 N–H and O–H groups in total. The first-order valence-electron chi connectivity index (χ1n) is 6.79. The van der Waals surface area contributed by atoms with Gasteiger partial charge in [-0.15, -0.1) is 0 Å². The molecule has 2 nitrogen and oxygen atoms in total. The topological polar surface area (TPSA) is 21.3 Å². The Hall–Kier alpha value is -1.16. The van der Waals surface area contributed by atoms with Crippen molar-refractivity contribution in [3.05, 3.63) is 29.3 Å². The number of benzene rings is 1. The highest BCUT2D eigenvalue weighted by Crippen LogP contribution is 2.37. The molecule has 2 rings (SSSR count). The number of fused-ring (bicyclic) bond motifs is 1. The Morgan fingerprint density at radius 3 is 2.74 bits per heavy atom. The van der Waals surface area contributed by atoms with Crippen LogP contribution in [-0.4, -0.2) is 12.7 Å². The van der Waals surface area contributed by atoms with Crippen molar-refractivity contribution in [2.24, 2.45) is 5.92 Å². The third kappa shape index (κ3) is 3.24. The van der Waals surface area contributed by atoms with Crippen LogP contribution in [0, 0.1) is 5.92 Å². The van der Waals surface area contributed by atoms with Gasteiger partial charge in [-0.25, -0.2) is 0 Å². The van der Waals surface area contributed by atoms with Gasteiger partial charge in [-0.3, -0.25) is 0 Å². The highest BCUT2D eigenvalue weighted by atomic mass is 19.3. The fraction of sp³-hybridized carbons (Fsp3) is 0.600. The maximum atomic E-state index is 12.5. The number of alkyl halides is 2. The molecule has 2 atom stereocenters. The number of hydrogen-bond donors (Lipinski definition) is 1. The average Bonchev–Trinajstić information content (AvgIpc) is 2.31. The SMILES string of the molecule is CC(C)CC1NCc2cccc(OC(F)F)c2C1C. The van der Waals surface area contributed by atoms with E-state index in [0.717, 1.165) is 24.1 Å². The molecule has 1 aromatic rings. The molecular formula is C15H21F2NO. The fourth-order valence-corrected chi connectivity index (χ4v) is 2.87. The van der Waals surface area contributed by atoms with Gasteiger partial charge in [-0.05, 0) is 24.0 Å². The van der Waals surface area contributed by atoms with E-state index >= 15 is 0 Å². The Labute approximate surface area is 113 Å². The van der Waals surface area contributed by atoms with Gasteiger partial charge in [0.2, 0.25) is 0 Å². The molecule has 1 aliphatic heterocycles. The lowest BCUT2D eigenvalue weighted by Crippen LogP contribution is -2.39. The van der Waals surface area contributed by atoms with Gasteiger partial charge in [0.25, 0.3) is 0 Å². The van der Waals surface area contributed by atoms with E-state index in [1.807, 2.05) is 6.07 Å². The molecule has 0 aliphatic carbocycles. The summed E-state index contributed by atoms with van der Waals surface area (Å²) in [6.45, 7) is 4.38. The molecule has 0 bridgehead atoms. The predicted octanol–water partition coefficient (Wildman–Crippen LogP) is 3.91. The summed E-state index contributed by atoms with van der Waals surface area (Å²) in [4.78, 5) is 0. The van der Waals surface area contributed by atoms with E-state index in [-0.39, 0.29) is 5.92 Å². The van der Waals surface area contributed by atoms with Crippen molar-refractivity contribution >= 4 is 0 Å². The minimum absolute atomic E-state index is 0.182. The minimum Gasteiger partial charge on any atom is -0.435 e. The molecule has 0 radical (unpaired) electrons. The van der Waals surface area contributed by atoms with Crippen molar-refractivity contribution in [1.82, 2.24) is 5.32 Å². The normalized spacial score (nSPS) is 22.7. The Morgan fingerprint density at radius 1 is 1.37 bits per heavy atom. The molecule has 1 heterocycles. The number of ether oxygens (including phenoxy) is 1. The quantitative estimate of drug-likeness (QED) is 0.894. The van der Waals surface area contributed by atoms with Crippen LogP contribution in [0.2, 0.25) is 0 Å². The Balaban J connectivity index is 2.29. The number of nitrogens with one attached hydrogen (secondary N) is 1. The summed E-state index contributed by atoms with van der Waals surface area (Å²) in [5.41, 5.74) is 2.00. The van der Waals surface area contributed by atoms with Crippen LogP contribution in [0.4, 0.5) is 8.78 Å². The van der Waals surface area contributed by atoms with Gasteiger partial charge in [0.15, 0.2) is 0 Å².